The summed E-state index contributed by atoms with van der Waals surface area (Å²) in [6.45, 7) is 3.08. The van der Waals surface area contributed by atoms with Crippen molar-refractivity contribution < 1.29 is 19.4 Å². The first-order valence-electron chi connectivity index (χ1n) is 11.5. The number of carbonyl (C=O) groups is 1. The molecule has 2 unspecified atom stereocenters. The van der Waals surface area contributed by atoms with Gasteiger partial charge in [0, 0.05) is 11.6 Å². The Morgan fingerprint density at radius 1 is 1.06 bits per heavy atom. The molecule has 0 aliphatic carbocycles. The summed E-state index contributed by atoms with van der Waals surface area (Å²) in [6, 6.07) is 22.9. The molecule has 0 bridgehead atoms. The Bertz CT molecular complexity index is 1230. The van der Waals surface area contributed by atoms with Gasteiger partial charge in [-0.05, 0) is 73.5 Å². The predicted octanol–water partition coefficient (Wildman–Crippen LogP) is 6.14. The molecule has 4 aromatic rings. The molecule has 6 nitrogen and oxygen atoms in total. The van der Waals surface area contributed by atoms with Crippen LogP contribution in [0, 0.1) is 0 Å². The van der Waals surface area contributed by atoms with Gasteiger partial charge in [0.05, 0.1) is 10.2 Å². The molecule has 0 saturated carbocycles. The molecule has 0 aliphatic heterocycles. The van der Waals surface area contributed by atoms with Crippen molar-refractivity contribution in [2.75, 3.05) is 13.1 Å². The Morgan fingerprint density at radius 3 is 2.60 bits per heavy atom. The Balaban J connectivity index is 1.39. The van der Waals surface area contributed by atoms with Crippen molar-refractivity contribution >= 4 is 39.1 Å². The maximum absolute atomic E-state index is 11.3. The minimum Gasteiger partial charge on any atom is -0.482 e. The minimum atomic E-state index is -0.957. The summed E-state index contributed by atoms with van der Waals surface area (Å²) in [5.41, 5.74) is 2.02. The summed E-state index contributed by atoms with van der Waals surface area (Å²) in [6.07, 6.45) is 0.0586. The highest BCUT2D eigenvalue weighted by Crippen LogP contribution is 2.30. The summed E-state index contributed by atoms with van der Waals surface area (Å²) in [5.74, 6) is 0.338. The monoisotopic (exact) mass is 510 g/mol. The lowest BCUT2D eigenvalue weighted by molar-refractivity contribution is -0.145. The lowest BCUT2D eigenvalue weighted by Gasteiger charge is -2.18. The average molecular weight is 511 g/mol. The van der Waals surface area contributed by atoms with Crippen molar-refractivity contribution in [3.05, 3.63) is 88.4 Å². The van der Waals surface area contributed by atoms with E-state index >= 15 is 0 Å². The second kappa shape index (κ2) is 12.0. The normalized spacial score (nSPS) is 12.9. The molecule has 3 aromatic carbocycles. The molecule has 0 amide bonds. The zero-order chi connectivity index (χ0) is 24.6. The topological polar surface area (TPSA) is 80.7 Å². The fourth-order valence-corrected chi connectivity index (χ4v) is 4.72. The number of carboxylic acid groups (broad SMARTS) is 1. The number of nitrogens with one attached hydrogen (secondary N) is 1. The molecular weight excluding hydrogens is 484 g/mol. The first-order chi connectivity index (χ1) is 17.0. The van der Waals surface area contributed by atoms with E-state index in [1.807, 2.05) is 60.7 Å². The lowest BCUT2D eigenvalue weighted by Crippen LogP contribution is -2.27. The first kappa shape index (κ1) is 25.0. The third kappa shape index (κ3) is 6.94. The molecule has 35 heavy (non-hydrogen) atoms. The number of nitrogens with zero attached hydrogens (tertiary/aromatic N) is 1. The fourth-order valence-electron chi connectivity index (χ4n) is 3.60. The van der Waals surface area contributed by atoms with Crippen molar-refractivity contribution in [1.29, 1.82) is 0 Å². The Kier molecular flexibility index (Phi) is 8.58. The number of carboxylic acids is 1. The van der Waals surface area contributed by atoms with Gasteiger partial charge >= 0.3 is 5.97 Å². The zero-order valence-electron chi connectivity index (χ0n) is 19.3. The highest BCUT2D eigenvalue weighted by Gasteiger charge is 2.19. The maximum Gasteiger partial charge on any atom is 0.344 e. The van der Waals surface area contributed by atoms with Crippen LogP contribution in [0.1, 0.15) is 30.0 Å². The molecular formula is C27H27ClN2O4S. The molecule has 0 saturated heterocycles. The van der Waals surface area contributed by atoms with Gasteiger partial charge in [-0.15, -0.1) is 11.3 Å². The molecule has 2 atom stereocenters. The molecule has 1 aromatic heterocycles. The number of aliphatic carboxylic acids is 1. The van der Waals surface area contributed by atoms with Crippen LogP contribution in [0.15, 0.2) is 72.8 Å². The third-order valence-corrected chi connectivity index (χ3v) is 6.80. The predicted molar refractivity (Wildman–Crippen MR) is 140 cm³/mol. The zero-order valence-corrected chi connectivity index (χ0v) is 20.9. The summed E-state index contributed by atoms with van der Waals surface area (Å²) >= 11 is 7.65. The summed E-state index contributed by atoms with van der Waals surface area (Å²) in [5, 5.41) is 14.3. The van der Waals surface area contributed by atoms with Crippen LogP contribution in [-0.4, -0.2) is 35.3 Å². The standard InChI is InChI=1S/C27H27ClN2O4S/c1-2-23(27(31)32)34-21-7-5-6-18(16-21)14-15-29-17-24(33-20-12-10-19(28)11-13-20)26-30-22-8-3-4-9-25(22)35-26/h3-13,16,23-24,29H,2,14-15,17H2,1H3,(H,31,32). The van der Waals surface area contributed by atoms with Crippen LogP contribution >= 0.6 is 22.9 Å². The third-order valence-electron chi connectivity index (χ3n) is 5.42. The van der Waals surface area contributed by atoms with E-state index in [-0.39, 0.29) is 6.10 Å². The van der Waals surface area contributed by atoms with E-state index in [1.54, 1.807) is 24.3 Å². The molecule has 1 heterocycles. The Morgan fingerprint density at radius 2 is 1.86 bits per heavy atom. The van der Waals surface area contributed by atoms with Gasteiger partial charge in [0.25, 0.3) is 0 Å². The highest BCUT2D eigenvalue weighted by atomic mass is 35.5. The summed E-state index contributed by atoms with van der Waals surface area (Å²) in [4.78, 5) is 16.0. The van der Waals surface area contributed by atoms with Crippen LogP contribution in [0.4, 0.5) is 0 Å². The lowest BCUT2D eigenvalue weighted by atomic mass is 10.1. The summed E-state index contributed by atoms with van der Waals surface area (Å²) < 4.78 is 13.0. The number of hydrogen-bond donors (Lipinski definition) is 2. The van der Waals surface area contributed by atoms with Crippen LogP contribution in [0.3, 0.4) is 0 Å². The van der Waals surface area contributed by atoms with Crippen LogP contribution in [0.25, 0.3) is 10.2 Å². The number of ether oxygens (including phenoxy) is 2. The maximum atomic E-state index is 11.3. The average Bonchev–Trinajstić information content (AvgIpc) is 3.30. The number of para-hydroxylation sites is 1. The van der Waals surface area contributed by atoms with Gasteiger partial charge in [-0.3, -0.25) is 0 Å². The largest absolute Gasteiger partial charge is 0.482 e. The van der Waals surface area contributed by atoms with Crippen molar-refractivity contribution in [1.82, 2.24) is 10.3 Å². The second-order valence-electron chi connectivity index (χ2n) is 8.03. The van der Waals surface area contributed by atoms with Crippen LogP contribution in [0.2, 0.25) is 5.02 Å². The number of thiazole rings is 1. The van der Waals surface area contributed by atoms with E-state index in [0.717, 1.165) is 33.0 Å². The SMILES string of the molecule is CCC(Oc1cccc(CCNCC(Oc2ccc(Cl)cc2)c2nc3ccccc3s2)c1)C(=O)O. The van der Waals surface area contributed by atoms with Crippen molar-refractivity contribution in [2.24, 2.45) is 0 Å². The van der Waals surface area contributed by atoms with Crippen molar-refractivity contribution in [3.63, 3.8) is 0 Å². The number of rotatable bonds is 12. The van der Waals surface area contributed by atoms with Gasteiger partial charge in [-0.1, -0.05) is 42.8 Å². The van der Waals surface area contributed by atoms with E-state index < -0.39 is 12.1 Å². The van der Waals surface area contributed by atoms with Crippen LogP contribution in [-0.2, 0) is 11.2 Å². The molecule has 2 N–H and O–H groups in total. The molecule has 0 radical (unpaired) electrons. The van der Waals surface area contributed by atoms with E-state index in [4.69, 9.17) is 26.1 Å². The first-order valence-corrected chi connectivity index (χ1v) is 12.7. The Labute approximate surface area is 213 Å². The molecule has 4 rings (SSSR count). The van der Waals surface area contributed by atoms with Gasteiger partial charge in [0.2, 0.25) is 0 Å². The number of hydrogen-bond acceptors (Lipinski definition) is 6. The Hall–Kier alpha value is -3.13. The number of benzene rings is 3. The smallest absolute Gasteiger partial charge is 0.344 e. The van der Waals surface area contributed by atoms with Gasteiger partial charge in [0.15, 0.2) is 12.2 Å². The van der Waals surface area contributed by atoms with Crippen LogP contribution < -0.4 is 14.8 Å². The number of halogens is 1. The molecule has 0 spiro atoms. The molecule has 0 fully saturated rings. The van der Waals surface area contributed by atoms with Gasteiger partial charge in [-0.25, -0.2) is 9.78 Å². The number of aromatic nitrogens is 1. The minimum absolute atomic E-state index is 0.260. The van der Waals surface area contributed by atoms with Crippen molar-refractivity contribution in [2.45, 2.75) is 32.0 Å². The van der Waals surface area contributed by atoms with E-state index in [0.29, 0.717) is 30.3 Å². The summed E-state index contributed by atoms with van der Waals surface area (Å²) in [7, 11) is 0. The van der Waals surface area contributed by atoms with E-state index in [1.165, 1.54) is 0 Å². The van der Waals surface area contributed by atoms with E-state index in [2.05, 4.69) is 11.4 Å². The van der Waals surface area contributed by atoms with Crippen molar-refractivity contribution in [3.8, 4) is 11.5 Å². The van der Waals surface area contributed by atoms with Gasteiger partial charge in [-0.2, -0.15) is 0 Å². The van der Waals surface area contributed by atoms with Gasteiger partial charge in [0.1, 0.15) is 16.5 Å². The fraction of sp³-hybridized carbons (Fsp3) is 0.259. The van der Waals surface area contributed by atoms with Gasteiger partial charge < -0.3 is 19.9 Å². The van der Waals surface area contributed by atoms with Crippen LogP contribution in [0.5, 0.6) is 11.5 Å². The quantitative estimate of drug-likeness (QED) is 0.223. The molecule has 182 valence electrons. The second-order valence-corrected chi connectivity index (χ2v) is 9.53. The van der Waals surface area contributed by atoms with E-state index in [9.17, 15) is 9.90 Å². The molecule has 8 heteroatoms. The highest BCUT2D eigenvalue weighted by molar-refractivity contribution is 7.18. The molecule has 0 aliphatic rings. The number of fused-ring (bicyclic) bond motifs is 1.